The summed E-state index contributed by atoms with van der Waals surface area (Å²) in [7, 11) is 0. The van der Waals surface area contributed by atoms with Crippen LogP contribution in [-0.4, -0.2) is 24.0 Å². The van der Waals surface area contributed by atoms with Crippen molar-refractivity contribution in [1.82, 2.24) is 10.3 Å². The molecule has 1 amide bonds. The quantitative estimate of drug-likeness (QED) is 0.812. The molecule has 0 atom stereocenters. The SMILES string of the molecule is CC(C)CCOc1cccc(C(=O)NCCc2ccccc2)n1. The molecular formula is C19H24N2O2. The highest BCUT2D eigenvalue weighted by Crippen LogP contribution is 2.09. The number of nitrogens with zero attached hydrogens (tertiary/aromatic N) is 1. The van der Waals surface area contributed by atoms with Gasteiger partial charge >= 0.3 is 0 Å². The standard InChI is InChI=1S/C19H24N2O2/c1-15(2)12-14-23-18-10-6-9-17(21-18)19(22)20-13-11-16-7-4-3-5-8-16/h3-10,15H,11-14H2,1-2H3,(H,20,22). The zero-order chi connectivity index (χ0) is 16.5. The second kappa shape index (κ2) is 8.93. The fourth-order valence-electron chi connectivity index (χ4n) is 2.08. The second-order valence-electron chi connectivity index (χ2n) is 5.88. The molecule has 0 aliphatic carbocycles. The van der Waals surface area contributed by atoms with Gasteiger partial charge in [0.25, 0.3) is 5.91 Å². The van der Waals surface area contributed by atoms with Gasteiger partial charge in [0, 0.05) is 12.6 Å². The average Bonchev–Trinajstić information content (AvgIpc) is 2.56. The molecule has 1 aromatic heterocycles. The summed E-state index contributed by atoms with van der Waals surface area (Å²) >= 11 is 0. The Morgan fingerprint density at radius 1 is 1.13 bits per heavy atom. The van der Waals surface area contributed by atoms with E-state index in [-0.39, 0.29) is 5.91 Å². The monoisotopic (exact) mass is 312 g/mol. The van der Waals surface area contributed by atoms with Gasteiger partial charge in [-0.2, -0.15) is 0 Å². The molecule has 0 radical (unpaired) electrons. The van der Waals surface area contributed by atoms with Crippen molar-refractivity contribution in [3.05, 3.63) is 59.8 Å². The number of hydrogen-bond acceptors (Lipinski definition) is 3. The van der Waals surface area contributed by atoms with Gasteiger partial charge in [0.15, 0.2) is 0 Å². The first-order valence-electron chi connectivity index (χ1n) is 8.07. The topological polar surface area (TPSA) is 51.2 Å². The fourth-order valence-corrected chi connectivity index (χ4v) is 2.08. The Kier molecular flexibility index (Phi) is 6.60. The number of benzene rings is 1. The third kappa shape index (κ3) is 6.10. The van der Waals surface area contributed by atoms with Gasteiger partial charge in [-0.15, -0.1) is 0 Å². The maximum absolute atomic E-state index is 12.1. The van der Waals surface area contributed by atoms with E-state index in [1.165, 1.54) is 5.56 Å². The van der Waals surface area contributed by atoms with Crippen molar-refractivity contribution in [2.45, 2.75) is 26.7 Å². The Balaban J connectivity index is 1.82. The maximum atomic E-state index is 12.1. The van der Waals surface area contributed by atoms with E-state index in [0.29, 0.717) is 30.6 Å². The van der Waals surface area contributed by atoms with Gasteiger partial charge in [0.05, 0.1) is 6.61 Å². The first-order chi connectivity index (χ1) is 11.1. The van der Waals surface area contributed by atoms with E-state index in [4.69, 9.17) is 4.74 Å². The number of carbonyl (C=O) groups is 1. The predicted octanol–water partition coefficient (Wildman–Crippen LogP) is 3.48. The van der Waals surface area contributed by atoms with E-state index >= 15 is 0 Å². The summed E-state index contributed by atoms with van der Waals surface area (Å²) in [4.78, 5) is 16.4. The highest BCUT2D eigenvalue weighted by Gasteiger charge is 2.08. The Morgan fingerprint density at radius 3 is 2.65 bits per heavy atom. The molecular weight excluding hydrogens is 288 g/mol. The van der Waals surface area contributed by atoms with E-state index < -0.39 is 0 Å². The van der Waals surface area contributed by atoms with Crippen LogP contribution in [-0.2, 0) is 6.42 Å². The summed E-state index contributed by atoms with van der Waals surface area (Å²) in [5.41, 5.74) is 1.59. The molecule has 0 aliphatic heterocycles. The van der Waals surface area contributed by atoms with Crippen LogP contribution < -0.4 is 10.1 Å². The molecule has 0 saturated heterocycles. The van der Waals surface area contributed by atoms with Crippen molar-refractivity contribution in [2.24, 2.45) is 5.92 Å². The molecule has 2 aromatic rings. The lowest BCUT2D eigenvalue weighted by atomic mass is 10.1. The Morgan fingerprint density at radius 2 is 1.91 bits per heavy atom. The lowest BCUT2D eigenvalue weighted by molar-refractivity contribution is 0.0948. The first-order valence-corrected chi connectivity index (χ1v) is 8.07. The third-order valence-corrected chi connectivity index (χ3v) is 3.44. The van der Waals surface area contributed by atoms with Crippen LogP contribution in [0.15, 0.2) is 48.5 Å². The highest BCUT2D eigenvalue weighted by atomic mass is 16.5. The Hall–Kier alpha value is -2.36. The maximum Gasteiger partial charge on any atom is 0.270 e. The summed E-state index contributed by atoms with van der Waals surface area (Å²) in [5, 5.41) is 2.89. The minimum Gasteiger partial charge on any atom is -0.478 e. The number of carbonyl (C=O) groups excluding carboxylic acids is 1. The van der Waals surface area contributed by atoms with Crippen LogP contribution in [0.1, 0.15) is 36.3 Å². The molecule has 0 fully saturated rings. The summed E-state index contributed by atoms with van der Waals surface area (Å²) < 4.78 is 5.59. The van der Waals surface area contributed by atoms with Gasteiger partial charge in [0.1, 0.15) is 5.69 Å². The van der Waals surface area contributed by atoms with Crippen molar-refractivity contribution in [2.75, 3.05) is 13.2 Å². The van der Waals surface area contributed by atoms with Gasteiger partial charge in [-0.25, -0.2) is 4.98 Å². The van der Waals surface area contributed by atoms with Crippen LogP contribution in [0.3, 0.4) is 0 Å². The molecule has 4 heteroatoms. The number of rotatable bonds is 8. The number of hydrogen-bond donors (Lipinski definition) is 1. The van der Waals surface area contributed by atoms with Gasteiger partial charge in [0.2, 0.25) is 5.88 Å². The molecule has 23 heavy (non-hydrogen) atoms. The second-order valence-corrected chi connectivity index (χ2v) is 5.88. The number of amides is 1. The van der Waals surface area contributed by atoms with Crippen LogP contribution >= 0.6 is 0 Å². The molecule has 1 heterocycles. The van der Waals surface area contributed by atoms with E-state index in [0.717, 1.165) is 12.8 Å². The molecule has 4 nitrogen and oxygen atoms in total. The van der Waals surface area contributed by atoms with Gasteiger partial charge in [-0.3, -0.25) is 4.79 Å². The number of ether oxygens (including phenoxy) is 1. The molecule has 122 valence electrons. The van der Waals surface area contributed by atoms with Crippen molar-refractivity contribution in [3.8, 4) is 5.88 Å². The van der Waals surface area contributed by atoms with Crippen LogP contribution in [0.5, 0.6) is 5.88 Å². The van der Waals surface area contributed by atoms with Crippen molar-refractivity contribution in [1.29, 1.82) is 0 Å². The normalized spacial score (nSPS) is 10.6. The smallest absolute Gasteiger partial charge is 0.270 e. The van der Waals surface area contributed by atoms with Gasteiger partial charge in [-0.1, -0.05) is 50.2 Å². The summed E-state index contributed by atoms with van der Waals surface area (Å²) in [5.74, 6) is 0.913. The zero-order valence-corrected chi connectivity index (χ0v) is 13.8. The van der Waals surface area contributed by atoms with E-state index in [1.807, 2.05) is 30.3 Å². The van der Waals surface area contributed by atoms with Crippen LogP contribution in [0, 0.1) is 5.92 Å². The summed E-state index contributed by atoms with van der Waals surface area (Å²) in [6, 6.07) is 15.4. The van der Waals surface area contributed by atoms with Gasteiger partial charge < -0.3 is 10.1 Å². The molecule has 0 bridgehead atoms. The van der Waals surface area contributed by atoms with Gasteiger partial charge in [-0.05, 0) is 30.4 Å². The van der Waals surface area contributed by atoms with Crippen molar-refractivity contribution >= 4 is 5.91 Å². The molecule has 2 rings (SSSR count). The number of aromatic nitrogens is 1. The molecule has 0 spiro atoms. The Labute approximate surface area is 137 Å². The summed E-state index contributed by atoms with van der Waals surface area (Å²) in [6.45, 7) is 5.49. The minimum atomic E-state index is -0.171. The third-order valence-electron chi connectivity index (χ3n) is 3.44. The predicted molar refractivity (Wildman–Crippen MR) is 91.7 cm³/mol. The highest BCUT2D eigenvalue weighted by molar-refractivity contribution is 5.92. The van der Waals surface area contributed by atoms with Crippen molar-refractivity contribution < 1.29 is 9.53 Å². The lowest BCUT2D eigenvalue weighted by Crippen LogP contribution is -2.26. The summed E-state index contributed by atoms with van der Waals surface area (Å²) in [6.07, 6.45) is 1.77. The lowest BCUT2D eigenvalue weighted by Gasteiger charge is -2.09. The molecule has 0 unspecified atom stereocenters. The average molecular weight is 312 g/mol. The van der Waals surface area contributed by atoms with Crippen LogP contribution in [0.2, 0.25) is 0 Å². The molecule has 1 aromatic carbocycles. The minimum absolute atomic E-state index is 0.171. The fraction of sp³-hybridized carbons (Fsp3) is 0.368. The Bertz CT molecular complexity index is 612. The zero-order valence-electron chi connectivity index (χ0n) is 13.8. The van der Waals surface area contributed by atoms with Crippen LogP contribution in [0.25, 0.3) is 0 Å². The number of nitrogens with one attached hydrogen (secondary N) is 1. The number of pyridine rings is 1. The molecule has 1 N–H and O–H groups in total. The van der Waals surface area contributed by atoms with Crippen LogP contribution in [0.4, 0.5) is 0 Å². The van der Waals surface area contributed by atoms with E-state index in [9.17, 15) is 4.79 Å². The molecule has 0 aliphatic rings. The van der Waals surface area contributed by atoms with E-state index in [1.54, 1.807) is 18.2 Å². The van der Waals surface area contributed by atoms with E-state index in [2.05, 4.69) is 24.1 Å². The van der Waals surface area contributed by atoms with Crippen molar-refractivity contribution in [3.63, 3.8) is 0 Å². The molecule has 0 saturated carbocycles. The first kappa shape index (κ1) is 17.0. The largest absolute Gasteiger partial charge is 0.478 e.